The summed E-state index contributed by atoms with van der Waals surface area (Å²) in [5, 5.41) is 4.45. The molecule has 106 valence electrons. The number of benzene rings is 2. The van der Waals surface area contributed by atoms with Crippen molar-refractivity contribution < 1.29 is 0 Å². The number of hydrogen-bond donors (Lipinski definition) is 0. The van der Waals surface area contributed by atoms with Crippen LogP contribution in [0.4, 0.5) is 5.69 Å². The normalized spacial score (nSPS) is 14.5. The molecule has 1 aliphatic rings. The molecule has 2 nitrogen and oxygen atoms in total. The highest BCUT2D eigenvalue weighted by Gasteiger charge is 2.18. The molecule has 1 heterocycles. The van der Waals surface area contributed by atoms with E-state index in [9.17, 15) is 0 Å². The number of anilines is 1. The standard InChI is InChI=1S/C19H20N2/c1-16(2)21-15-18(17-9-5-3-6-10-17)13-14-20(21)19-11-7-4-8-12-19/h3-16H,1-2H3. The van der Waals surface area contributed by atoms with Crippen LogP contribution < -0.4 is 5.01 Å². The van der Waals surface area contributed by atoms with Gasteiger partial charge in [-0.2, -0.15) is 0 Å². The van der Waals surface area contributed by atoms with Gasteiger partial charge in [0.15, 0.2) is 0 Å². The summed E-state index contributed by atoms with van der Waals surface area (Å²) in [6.07, 6.45) is 6.52. The van der Waals surface area contributed by atoms with Gasteiger partial charge in [-0.3, -0.25) is 10.0 Å². The van der Waals surface area contributed by atoms with Crippen LogP contribution in [-0.2, 0) is 0 Å². The molecule has 0 radical (unpaired) electrons. The Labute approximate surface area is 126 Å². The summed E-state index contributed by atoms with van der Waals surface area (Å²) in [6, 6.07) is 21.3. The van der Waals surface area contributed by atoms with Gasteiger partial charge >= 0.3 is 0 Å². The Morgan fingerprint density at radius 2 is 1.43 bits per heavy atom. The minimum absolute atomic E-state index is 0.383. The Hall–Kier alpha value is -2.48. The third-order valence-electron chi connectivity index (χ3n) is 3.57. The number of nitrogens with zero attached hydrogens (tertiary/aromatic N) is 2. The van der Waals surface area contributed by atoms with E-state index in [1.165, 1.54) is 16.8 Å². The number of hydrogen-bond acceptors (Lipinski definition) is 2. The predicted octanol–water partition coefficient (Wildman–Crippen LogP) is 4.69. The molecule has 0 unspecified atom stereocenters. The van der Waals surface area contributed by atoms with Crippen LogP contribution in [0.15, 0.2) is 79.1 Å². The van der Waals surface area contributed by atoms with Gasteiger partial charge in [-0.25, -0.2) is 0 Å². The summed E-state index contributed by atoms with van der Waals surface area (Å²) >= 11 is 0. The van der Waals surface area contributed by atoms with Crippen molar-refractivity contribution in [2.75, 3.05) is 5.01 Å². The summed E-state index contributed by atoms with van der Waals surface area (Å²) < 4.78 is 0. The van der Waals surface area contributed by atoms with Crippen molar-refractivity contribution in [2.24, 2.45) is 0 Å². The molecule has 0 saturated heterocycles. The quantitative estimate of drug-likeness (QED) is 0.802. The van der Waals surface area contributed by atoms with Crippen LogP contribution in [0.3, 0.4) is 0 Å². The smallest absolute Gasteiger partial charge is 0.0625 e. The van der Waals surface area contributed by atoms with Crippen molar-refractivity contribution in [3.05, 3.63) is 84.7 Å². The molecular formula is C19H20N2. The highest BCUT2D eigenvalue weighted by Crippen LogP contribution is 2.27. The Morgan fingerprint density at radius 3 is 2.05 bits per heavy atom. The zero-order valence-corrected chi connectivity index (χ0v) is 12.5. The molecule has 0 amide bonds. The van der Waals surface area contributed by atoms with Crippen molar-refractivity contribution in [1.82, 2.24) is 5.01 Å². The topological polar surface area (TPSA) is 6.48 Å². The van der Waals surface area contributed by atoms with E-state index in [-0.39, 0.29) is 0 Å². The zero-order chi connectivity index (χ0) is 14.7. The first-order valence-corrected chi connectivity index (χ1v) is 7.33. The summed E-state index contributed by atoms with van der Waals surface area (Å²) in [5.41, 5.74) is 3.65. The van der Waals surface area contributed by atoms with Crippen molar-refractivity contribution >= 4 is 11.3 Å². The average molecular weight is 276 g/mol. The molecule has 21 heavy (non-hydrogen) atoms. The Morgan fingerprint density at radius 1 is 0.810 bits per heavy atom. The van der Waals surface area contributed by atoms with E-state index in [0.717, 1.165) is 0 Å². The molecule has 0 N–H and O–H groups in total. The molecular weight excluding hydrogens is 256 g/mol. The Bertz CT molecular complexity index is 642. The molecule has 2 aromatic carbocycles. The molecule has 3 rings (SSSR count). The second kappa shape index (κ2) is 5.88. The van der Waals surface area contributed by atoms with Crippen molar-refractivity contribution in [3.8, 4) is 0 Å². The third kappa shape index (κ3) is 2.84. The van der Waals surface area contributed by atoms with E-state index in [2.05, 4.69) is 90.9 Å². The molecule has 0 atom stereocenters. The Kier molecular flexibility index (Phi) is 3.78. The van der Waals surface area contributed by atoms with E-state index in [0.29, 0.717) is 6.04 Å². The van der Waals surface area contributed by atoms with Gasteiger partial charge in [0.25, 0.3) is 0 Å². The van der Waals surface area contributed by atoms with Gasteiger partial charge in [0.05, 0.1) is 5.69 Å². The molecule has 1 aliphatic heterocycles. The third-order valence-corrected chi connectivity index (χ3v) is 3.57. The van der Waals surface area contributed by atoms with Crippen molar-refractivity contribution in [1.29, 1.82) is 0 Å². The van der Waals surface area contributed by atoms with Crippen LogP contribution in [0, 0.1) is 0 Å². The fraction of sp³-hybridized carbons (Fsp3) is 0.158. The number of para-hydroxylation sites is 1. The van der Waals surface area contributed by atoms with Gasteiger partial charge in [-0.05, 0) is 37.6 Å². The fourth-order valence-corrected chi connectivity index (χ4v) is 2.47. The van der Waals surface area contributed by atoms with Gasteiger partial charge in [0, 0.05) is 24.0 Å². The van der Waals surface area contributed by atoms with Crippen LogP contribution >= 0.6 is 0 Å². The van der Waals surface area contributed by atoms with Crippen LogP contribution in [0.5, 0.6) is 0 Å². The van der Waals surface area contributed by atoms with Crippen LogP contribution in [-0.4, -0.2) is 11.1 Å². The van der Waals surface area contributed by atoms with Gasteiger partial charge < -0.3 is 0 Å². The molecule has 0 fully saturated rings. The highest BCUT2D eigenvalue weighted by molar-refractivity contribution is 5.76. The van der Waals surface area contributed by atoms with E-state index >= 15 is 0 Å². The number of allylic oxidation sites excluding steroid dienone is 2. The molecule has 0 aromatic heterocycles. The minimum atomic E-state index is 0.383. The van der Waals surface area contributed by atoms with E-state index in [4.69, 9.17) is 0 Å². The van der Waals surface area contributed by atoms with E-state index in [1.807, 2.05) is 12.1 Å². The van der Waals surface area contributed by atoms with Gasteiger partial charge in [-0.1, -0.05) is 48.5 Å². The lowest BCUT2D eigenvalue weighted by Crippen LogP contribution is -2.41. The van der Waals surface area contributed by atoms with Gasteiger partial charge in [0.1, 0.15) is 0 Å². The average Bonchev–Trinajstić information content (AvgIpc) is 2.56. The second-order valence-corrected chi connectivity index (χ2v) is 5.42. The maximum Gasteiger partial charge on any atom is 0.0625 e. The summed E-state index contributed by atoms with van der Waals surface area (Å²) in [5.74, 6) is 0. The molecule has 0 spiro atoms. The summed E-state index contributed by atoms with van der Waals surface area (Å²) in [7, 11) is 0. The van der Waals surface area contributed by atoms with Gasteiger partial charge in [0.2, 0.25) is 0 Å². The lowest BCUT2D eigenvalue weighted by molar-refractivity contribution is 0.311. The molecule has 0 aliphatic carbocycles. The summed E-state index contributed by atoms with van der Waals surface area (Å²) in [6.45, 7) is 4.41. The molecule has 0 bridgehead atoms. The van der Waals surface area contributed by atoms with Crippen LogP contribution in [0.2, 0.25) is 0 Å². The zero-order valence-electron chi connectivity index (χ0n) is 12.5. The van der Waals surface area contributed by atoms with Crippen molar-refractivity contribution in [3.63, 3.8) is 0 Å². The van der Waals surface area contributed by atoms with Crippen LogP contribution in [0.25, 0.3) is 5.57 Å². The van der Waals surface area contributed by atoms with Crippen LogP contribution in [0.1, 0.15) is 19.4 Å². The molecule has 0 saturated carbocycles. The fourth-order valence-electron chi connectivity index (χ4n) is 2.47. The first-order chi connectivity index (χ1) is 10.3. The highest BCUT2D eigenvalue weighted by atomic mass is 15.6. The van der Waals surface area contributed by atoms with E-state index < -0.39 is 0 Å². The van der Waals surface area contributed by atoms with E-state index in [1.54, 1.807) is 0 Å². The summed E-state index contributed by atoms with van der Waals surface area (Å²) in [4.78, 5) is 0. The lowest BCUT2D eigenvalue weighted by atomic mass is 10.1. The largest absolute Gasteiger partial charge is 0.285 e. The van der Waals surface area contributed by atoms with Gasteiger partial charge in [-0.15, -0.1) is 0 Å². The predicted molar refractivity (Wildman–Crippen MR) is 89.5 cm³/mol. The molecule has 2 aromatic rings. The molecule has 2 heteroatoms. The SMILES string of the molecule is CC(C)N1C=C(c2ccccc2)C=CN1c1ccccc1. The second-order valence-electron chi connectivity index (χ2n) is 5.42. The van der Waals surface area contributed by atoms with Crippen molar-refractivity contribution in [2.45, 2.75) is 19.9 Å². The maximum atomic E-state index is 2.26. The Balaban J connectivity index is 1.95. The minimum Gasteiger partial charge on any atom is -0.285 e. The lowest BCUT2D eigenvalue weighted by Gasteiger charge is -2.39. The number of rotatable bonds is 3. The maximum absolute atomic E-state index is 2.26. The number of hydrazine groups is 1. The first-order valence-electron chi connectivity index (χ1n) is 7.33. The first kappa shape index (κ1) is 13.5. The monoisotopic (exact) mass is 276 g/mol.